The van der Waals surface area contributed by atoms with Gasteiger partial charge in [-0.3, -0.25) is 4.79 Å². The number of amides is 1. The zero-order valence-corrected chi connectivity index (χ0v) is 12.6. The van der Waals surface area contributed by atoms with Gasteiger partial charge in [0.1, 0.15) is 6.04 Å². The van der Waals surface area contributed by atoms with Crippen LogP contribution in [0.5, 0.6) is 0 Å². The van der Waals surface area contributed by atoms with Crippen molar-refractivity contribution in [3.05, 3.63) is 4.91 Å². The van der Waals surface area contributed by atoms with E-state index in [2.05, 4.69) is 15.2 Å². The first-order chi connectivity index (χ1) is 9.53. The van der Waals surface area contributed by atoms with Gasteiger partial charge in [-0.25, -0.2) is 4.79 Å². The predicted molar refractivity (Wildman–Crippen MR) is 77.1 cm³/mol. The van der Waals surface area contributed by atoms with E-state index in [-0.39, 0.29) is 12.5 Å². The number of carbonyl (C=O) groups excluding carboxylic acids is 2. The summed E-state index contributed by atoms with van der Waals surface area (Å²) in [5.41, 5.74) is 0. The van der Waals surface area contributed by atoms with Gasteiger partial charge in [-0.2, -0.15) is 0 Å². The Morgan fingerprint density at radius 1 is 1.45 bits per heavy atom. The molecule has 1 unspecified atom stereocenters. The van der Waals surface area contributed by atoms with E-state index in [0.717, 1.165) is 37.9 Å². The van der Waals surface area contributed by atoms with Gasteiger partial charge in [-0.1, -0.05) is 0 Å². The molecule has 2 N–H and O–H groups in total. The Kier molecular flexibility index (Phi) is 6.94. The highest BCUT2D eigenvalue weighted by Gasteiger charge is 2.39. The lowest BCUT2D eigenvalue weighted by Crippen LogP contribution is -2.49. The van der Waals surface area contributed by atoms with E-state index in [4.69, 9.17) is 4.74 Å². The topological polar surface area (TPSA) is 96.9 Å². The first-order valence-electron chi connectivity index (χ1n) is 6.68. The SMILES string of the molecule is CCOC(=O)C(CC1(SN=O)CCNCC1)NC(C)=O. The summed E-state index contributed by atoms with van der Waals surface area (Å²) in [6.45, 7) is 4.84. The summed E-state index contributed by atoms with van der Waals surface area (Å²) in [6, 6.07) is -0.736. The van der Waals surface area contributed by atoms with Crippen molar-refractivity contribution < 1.29 is 14.3 Å². The molecule has 0 aliphatic carbocycles. The Hall–Kier alpha value is -1.15. The number of esters is 1. The molecule has 8 heteroatoms. The van der Waals surface area contributed by atoms with Gasteiger partial charge < -0.3 is 15.4 Å². The Morgan fingerprint density at radius 3 is 2.60 bits per heavy atom. The molecule has 1 saturated heterocycles. The molecule has 0 saturated carbocycles. The van der Waals surface area contributed by atoms with Crippen molar-refractivity contribution in [3.8, 4) is 0 Å². The molecule has 1 atom stereocenters. The van der Waals surface area contributed by atoms with Crippen LogP contribution in [0.1, 0.15) is 33.1 Å². The van der Waals surface area contributed by atoms with E-state index >= 15 is 0 Å². The molecule has 0 aromatic rings. The molecule has 1 rings (SSSR count). The number of hydrogen-bond acceptors (Lipinski definition) is 7. The maximum Gasteiger partial charge on any atom is 0.328 e. The van der Waals surface area contributed by atoms with Crippen LogP contribution in [0, 0.1) is 4.91 Å². The number of nitrogens with one attached hydrogen (secondary N) is 2. The second-order valence-electron chi connectivity index (χ2n) is 4.81. The van der Waals surface area contributed by atoms with E-state index in [1.54, 1.807) is 6.92 Å². The summed E-state index contributed by atoms with van der Waals surface area (Å²) in [4.78, 5) is 33.8. The number of rotatable bonds is 7. The molecule has 0 radical (unpaired) electrons. The summed E-state index contributed by atoms with van der Waals surface area (Å²) in [7, 11) is 0. The third-order valence-electron chi connectivity index (χ3n) is 3.27. The van der Waals surface area contributed by atoms with E-state index in [1.165, 1.54) is 6.92 Å². The monoisotopic (exact) mass is 303 g/mol. The molecule has 7 nitrogen and oxygen atoms in total. The van der Waals surface area contributed by atoms with Crippen LogP contribution in [-0.4, -0.2) is 42.4 Å². The van der Waals surface area contributed by atoms with E-state index in [9.17, 15) is 14.5 Å². The number of hydrogen-bond donors (Lipinski definition) is 2. The van der Waals surface area contributed by atoms with E-state index in [0.29, 0.717) is 6.42 Å². The average Bonchev–Trinajstić information content (AvgIpc) is 2.39. The number of nitrogens with zero attached hydrogens (tertiary/aromatic N) is 1. The van der Waals surface area contributed by atoms with Crippen molar-refractivity contribution in [2.45, 2.75) is 43.9 Å². The Morgan fingerprint density at radius 2 is 2.10 bits per heavy atom. The number of carbonyl (C=O) groups is 2. The van der Waals surface area contributed by atoms with Gasteiger partial charge in [0, 0.05) is 28.2 Å². The average molecular weight is 303 g/mol. The van der Waals surface area contributed by atoms with Crippen molar-refractivity contribution in [2.24, 2.45) is 4.58 Å². The van der Waals surface area contributed by atoms with Crippen molar-refractivity contribution in [1.29, 1.82) is 0 Å². The normalized spacial score (nSPS) is 18.9. The fraction of sp³-hybridized carbons (Fsp3) is 0.833. The quantitative estimate of drug-likeness (QED) is 0.413. The van der Waals surface area contributed by atoms with Crippen molar-refractivity contribution in [1.82, 2.24) is 10.6 Å². The van der Waals surface area contributed by atoms with Crippen LogP contribution in [0.3, 0.4) is 0 Å². The number of ether oxygens (including phenoxy) is 1. The summed E-state index contributed by atoms with van der Waals surface area (Å²) in [6.07, 6.45) is 1.79. The lowest BCUT2D eigenvalue weighted by atomic mass is 9.89. The lowest BCUT2D eigenvalue weighted by molar-refractivity contribution is -0.147. The highest BCUT2D eigenvalue weighted by atomic mass is 32.2. The van der Waals surface area contributed by atoms with Crippen LogP contribution in [0.15, 0.2) is 4.58 Å². The molecular weight excluding hydrogens is 282 g/mol. The third kappa shape index (κ3) is 5.09. The van der Waals surface area contributed by atoms with Crippen LogP contribution in [0.25, 0.3) is 0 Å². The van der Waals surface area contributed by atoms with Gasteiger partial charge in [0.25, 0.3) is 0 Å². The fourth-order valence-electron chi connectivity index (χ4n) is 2.35. The van der Waals surface area contributed by atoms with E-state index in [1.807, 2.05) is 0 Å². The van der Waals surface area contributed by atoms with Crippen LogP contribution in [-0.2, 0) is 14.3 Å². The summed E-state index contributed by atoms with van der Waals surface area (Å²) in [5.74, 6) is -0.761. The largest absolute Gasteiger partial charge is 0.464 e. The molecule has 1 heterocycles. The van der Waals surface area contributed by atoms with Gasteiger partial charge in [-0.05, 0) is 39.3 Å². The molecule has 20 heavy (non-hydrogen) atoms. The van der Waals surface area contributed by atoms with Gasteiger partial charge in [-0.15, -0.1) is 4.91 Å². The first kappa shape index (κ1) is 16.9. The molecule has 1 fully saturated rings. The van der Waals surface area contributed by atoms with Gasteiger partial charge >= 0.3 is 5.97 Å². The van der Waals surface area contributed by atoms with Gasteiger partial charge in [0.05, 0.1) is 6.61 Å². The standard InChI is InChI=1S/C12H21N3O4S/c1-3-19-11(17)10(14-9(2)16)8-12(20-15-18)4-6-13-7-5-12/h10,13H,3-8H2,1-2H3,(H,14,16). The Balaban J connectivity index is 2.80. The predicted octanol–water partition coefficient (Wildman–Crippen LogP) is 0.981. The summed E-state index contributed by atoms with van der Waals surface area (Å²) < 4.78 is 7.50. The zero-order valence-electron chi connectivity index (χ0n) is 11.8. The van der Waals surface area contributed by atoms with Crippen LogP contribution in [0.4, 0.5) is 0 Å². The molecule has 1 amide bonds. The number of nitroso groups, excluding NO2 is 1. The molecule has 1 aliphatic heterocycles. The van der Waals surface area contributed by atoms with Crippen molar-refractivity contribution >= 4 is 23.8 Å². The molecule has 0 spiro atoms. The second kappa shape index (κ2) is 8.21. The van der Waals surface area contributed by atoms with Crippen LogP contribution in [0.2, 0.25) is 0 Å². The van der Waals surface area contributed by atoms with Crippen LogP contribution >= 0.6 is 11.9 Å². The Bertz CT molecular complexity index is 359. The van der Waals surface area contributed by atoms with Crippen LogP contribution < -0.4 is 10.6 Å². The summed E-state index contributed by atoms with van der Waals surface area (Å²) >= 11 is 0.961. The third-order valence-corrected chi connectivity index (χ3v) is 4.31. The molecule has 114 valence electrons. The molecular formula is C12H21N3O4S. The number of piperidine rings is 1. The van der Waals surface area contributed by atoms with Crippen molar-refractivity contribution in [2.75, 3.05) is 19.7 Å². The van der Waals surface area contributed by atoms with Gasteiger partial charge in [0.2, 0.25) is 5.91 Å². The smallest absolute Gasteiger partial charge is 0.328 e. The molecule has 0 aromatic carbocycles. The molecule has 1 aliphatic rings. The highest BCUT2D eigenvalue weighted by molar-refractivity contribution is 7.99. The minimum absolute atomic E-state index is 0.253. The lowest BCUT2D eigenvalue weighted by Gasteiger charge is -2.36. The Labute approximate surface area is 122 Å². The molecule has 0 aromatic heterocycles. The zero-order chi connectivity index (χ0) is 15.0. The molecule has 0 bridgehead atoms. The maximum absolute atomic E-state index is 11.9. The fourth-order valence-corrected chi connectivity index (χ4v) is 3.13. The minimum Gasteiger partial charge on any atom is -0.464 e. The maximum atomic E-state index is 11.9. The van der Waals surface area contributed by atoms with Gasteiger partial charge in [0.15, 0.2) is 0 Å². The highest BCUT2D eigenvalue weighted by Crippen LogP contribution is 2.39. The summed E-state index contributed by atoms with van der Waals surface area (Å²) in [5, 5.41) is 5.81. The van der Waals surface area contributed by atoms with Crippen molar-refractivity contribution in [3.63, 3.8) is 0 Å². The minimum atomic E-state index is -0.736. The second-order valence-corrected chi connectivity index (χ2v) is 6.01. The first-order valence-corrected chi connectivity index (χ1v) is 7.45. The van der Waals surface area contributed by atoms with E-state index < -0.39 is 16.8 Å².